The van der Waals surface area contributed by atoms with Crippen LogP contribution >= 0.6 is 0 Å². The lowest BCUT2D eigenvalue weighted by Gasteiger charge is -2.26. The second-order valence-electron chi connectivity index (χ2n) is 5.62. The Morgan fingerprint density at radius 2 is 1.91 bits per heavy atom. The third kappa shape index (κ3) is 3.66. The van der Waals surface area contributed by atoms with E-state index in [0.29, 0.717) is 37.4 Å². The molecule has 1 heterocycles. The molecule has 1 aromatic rings. The first-order valence-corrected chi connectivity index (χ1v) is 8.76. The lowest BCUT2D eigenvalue weighted by Crippen LogP contribution is -2.41. The first-order valence-electron chi connectivity index (χ1n) is 7.32. The Bertz CT molecular complexity index is 650. The van der Waals surface area contributed by atoms with E-state index in [9.17, 15) is 13.2 Å². The highest BCUT2D eigenvalue weighted by Gasteiger charge is 2.28. The number of hydrogen-bond donors (Lipinski definition) is 1. The van der Waals surface area contributed by atoms with Gasteiger partial charge in [-0.05, 0) is 38.5 Å². The number of nitrogens with one attached hydrogen (secondary N) is 1. The molecule has 7 heteroatoms. The first kappa shape index (κ1) is 16.9. The van der Waals surface area contributed by atoms with Crippen LogP contribution in [0.1, 0.15) is 29.8 Å². The highest BCUT2D eigenvalue weighted by molar-refractivity contribution is 7.89. The molecule has 2 rings (SSSR count). The summed E-state index contributed by atoms with van der Waals surface area (Å²) in [5.41, 5.74) is 0.985. The number of amides is 1. The zero-order chi connectivity index (χ0) is 16.3. The van der Waals surface area contributed by atoms with Crippen molar-refractivity contribution >= 4 is 15.9 Å². The second-order valence-corrected chi connectivity index (χ2v) is 7.53. The van der Waals surface area contributed by atoms with E-state index < -0.39 is 10.0 Å². The van der Waals surface area contributed by atoms with Crippen LogP contribution in [0.3, 0.4) is 0 Å². The topological polar surface area (TPSA) is 75.7 Å². The summed E-state index contributed by atoms with van der Waals surface area (Å²) in [4.78, 5) is 12.3. The summed E-state index contributed by atoms with van der Waals surface area (Å²) in [6, 6.07) is 4.76. The number of aryl methyl sites for hydroxylation is 1. The van der Waals surface area contributed by atoms with Gasteiger partial charge in [0.15, 0.2) is 0 Å². The smallest absolute Gasteiger partial charge is 0.251 e. The third-order valence-electron chi connectivity index (χ3n) is 3.46. The van der Waals surface area contributed by atoms with Crippen molar-refractivity contribution in [1.82, 2.24) is 9.62 Å². The third-order valence-corrected chi connectivity index (χ3v) is 5.50. The standard InChI is InChI=1S/C15H22N2O4S/c1-11(2)16-15(18)13-5-4-12(3)14(10-13)22(19,20)17-6-8-21-9-7-17/h4-5,10-11H,6-9H2,1-3H3,(H,16,18). The normalized spacial score (nSPS) is 16.7. The summed E-state index contributed by atoms with van der Waals surface area (Å²) in [5.74, 6) is -0.270. The summed E-state index contributed by atoms with van der Waals surface area (Å²) in [6.07, 6.45) is 0. The summed E-state index contributed by atoms with van der Waals surface area (Å²) in [6.45, 7) is 6.92. The molecule has 0 atom stereocenters. The highest BCUT2D eigenvalue weighted by Crippen LogP contribution is 2.22. The molecule has 0 unspecified atom stereocenters. The first-order chi connectivity index (χ1) is 10.3. The van der Waals surface area contributed by atoms with Gasteiger partial charge in [-0.25, -0.2) is 8.42 Å². The number of carbonyl (C=O) groups is 1. The predicted octanol–water partition coefficient (Wildman–Crippen LogP) is 1.15. The van der Waals surface area contributed by atoms with Gasteiger partial charge in [-0.1, -0.05) is 6.07 Å². The summed E-state index contributed by atoms with van der Waals surface area (Å²) >= 11 is 0. The van der Waals surface area contributed by atoms with Crippen LogP contribution < -0.4 is 5.32 Å². The number of sulfonamides is 1. The molecule has 1 fully saturated rings. The number of ether oxygens (including phenoxy) is 1. The predicted molar refractivity (Wildman–Crippen MR) is 83.4 cm³/mol. The number of benzene rings is 1. The molecule has 0 radical (unpaired) electrons. The zero-order valence-corrected chi connectivity index (χ0v) is 13.9. The Labute approximate surface area is 131 Å². The number of hydrogen-bond acceptors (Lipinski definition) is 4. The number of carbonyl (C=O) groups excluding carboxylic acids is 1. The van der Waals surface area contributed by atoms with Crippen molar-refractivity contribution in [2.45, 2.75) is 31.7 Å². The number of rotatable bonds is 4. The SMILES string of the molecule is Cc1ccc(C(=O)NC(C)C)cc1S(=O)(=O)N1CCOCC1. The van der Waals surface area contributed by atoms with E-state index in [4.69, 9.17) is 4.74 Å². The maximum Gasteiger partial charge on any atom is 0.251 e. The molecule has 1 saturated heterocycles. The van der Waals surface area contributed by atoms with Gasteiger partial charge in [0.2, 0.25) is 10.0 Å². The monoisotopic (exact) mass is 326 g/mol. The second kappa shape index (κ2) is 6.76. The zero-order valence-electron chi connectivity index (χ0n) is 13.1. The quantitative estimate of drug-likeness (QED) is 0.901. The largest absolute Gasteiger partial charge is 0.379 e. The summed E-state index contributed by atoms with van der Waals surface area (Å²) in [7, 11) is -3.60. The van der Waals surface area contributed by atoms with Crippen LogP contribution in [0.5, 0.6) is 0 Å². The molecule has 1 aliphatic rings. The Hall–Kier alpha value is -1.44. The van der Waals surface area contributed by atoms with Crippen LogP contribution in [0.2, 0.25) is 0 Å². The van der Waals surface area contributed by atoms with Crippen LogP contribution in [0.4, 0.5) is 0 Å². The van der Waals surface area contributed by atoms with Crippen molar-refractivity contribution in [3.8, 4) is 0 Å². The lowest BCUT2D eigenvalue weighted by atomic mass is 10.1. The van der Waals surface area contributed by atoms with Gasteiger partial charge in [0.1, 0.15) is 0 Å². The van der Waals surface area contributed by atoms with E-state index in [-0.39, 0.29) is 16.8 Å². The van der Waals surface area contributed by atoms with Crippen molar-refractivity contribution in [2.75, 3.05) is 26.3 Å². The van der Waals surface area contributed by atoms with Crippen molar-refractivity contribution in [2.24, 2.45) is 0 Å². The van der Waals surface area contributed by atoms with Crippen LogP contribution in [0.15, 0.2) is 23.1 Å². The molecule has 1 aromatic carbocycles. The molecule has 0 bridgehead atoms. The van der Waals surface area contributed by atoms with Crippen molar-refractivity contribution in [3.05, 3.63) is 29.3 Å². The van der Waals surface area contributed by atoms with Crippen molar-refractivity contribution in [1.29, 1.82) is 0 Å². The molecule has 0 spiro atoms. The minimum absolute atomic E-state index is 0.00639. The van der Waals surface area contributed by atoms with E-state index in [1.165, 1.54) is 10.4 Å². The van der Waals surface area contributed by atoms with Crippen LogP contribution in [0.25, 0.3) is 0 Å². The molecule has 122 valence electrons. The maximum atomic E-state index is 12.7. The molecule has 0 aliphatic carbocycles. The summed E-state index contributed by atoms with van der Waals surface area (Å²) in [5, 5.41) is 2.77. The van der Waals surface area contributed by atoms with Gasteiger partial charge in [-0.2, -0.15) is 4.31 Å². The Kier molecular flexibility index (Phi) is 5.20. The van der Waals surface area contributed by atoms with Crippen LogP contribution in [-0.4, -0.2) is 51.0 Å². The summed E-state index contributed by atoms with van der Waals surface area (Å²) < 4.78 is 32.1. The number of nitrogens with zero attached hydrogens (tertiary/aromatic N) is 1. The molecule has 6 nitrogen and oxygen atoms in total. The van der Waals surface area contributed by atoms with E-state index in [1.54, 1.807) is 19.1 Å². The van der Waals surface area contributed by atoms with E-state index in [0.717, 1.165) is 0 Å². The fraction of sp³-hybridized carbons (Fsp3) is 0.533. The van der Waals surface area contributed by atoms with Gasteiger partial charge in [0.25, 0.3) is 5.91 Å². The molecular formula is C15H22N2O4S. The van der Waals surface area contributed by atoms with Gasteiger partial charge in [-0.15, -0.1) is 0 Å². The van der Waals surface area contributed by atoms with E-state index in [1.807, 2.05) is 13.8 Å². The van der Waals surface area contributed by atoms with E-state index >= 15 is 0 Å². The molecule has 22 heavy (non-hydrogen) atoms. The average molecular weight is 326 g/mol. The minimum Gasteiger partial charge on any atom is -0.379 e. The highest BCUT2D eigenvalue weighted by atomic mass is 32.2. The fourth-order valence-corrected chi connectivity index (χ4v) is 3.95. The molecule has 1 N–H and O–H groups in total. The van der Waals surface area contributed by atoms with Crippen LogP contribution in [0, 0.1) is 6.92 Å². The number of morpholine rings is 1. The Morgan fingerprint density at radius 3 is 2.50 bits per heavy atom. The van der Waals surface area contributed by atoms with Crippen LogP contribution in [-0.2, 0) is 14.8 Å². The molecule has 1 aliphatic heterocycles. The van der Waals surface area contributed by atoms with Gasteiger partial charge in [0.05, 0.1) is 18.1 Å². The molecule has 0 aromatic heterocycles. The minimum atomic E-state index is -3.60. The molecular weight excluding hydrogens is 304 g/mol. The van der Waals surface area contributed by atoms with Gasteiger partial charge in [0, 0.05) is 24.7 Å². The van der Waals surface area contributed by atoms with Gasteiger partial charge in [-0.3, -0.25) is 4.79 Å². The molecule has 0 saturated carbocycles. The van der Waals surface area contributed by atoms with E-state index in [2.05, 4.69) is 5.32 Å². The maximum absolute atomic E-state index is 12.7. The van der Waals surface area contributed by atoms with Crippen molar-refractivity contribution < 1.29 is 17.9 Å². The lowest BCUT2D eigenvalue weighted by molar-refractivity contribution is 0.0730. The van der Waals surface area contributed by atoms with Gasteiger partial charge < -0.3 is 10.1 Å². The Balaban J connectivity index is 2.35. The van der Waals surface area contributed by atoms with Crippen molar-refractivity contribution in [3.63, 3.8) is 0 Å². The fourth-order valence-electron chi connectivity index (χ4n) is 2.29. The Morgan fingerprint density at radius 1 is 1.27 bits per heavy atom. The van der Waals surface area contributed by atoms with Gasteiger partial charge >= 0.3 is 0 Å². The average Bonchev–Trinajstić information content (AvgIpc) is 2.47. The molecule has 1 amide bonds.